The van der Waals surface area contributed by atoms with Crippen molar-refractivity contribution in [2.24, 2.45) is 5.92 Å². The summed E-state index contributed by atoms with van der Waals surface area (Å²) >= 11 is 0. The average molecular weight is 108 g/mol. The van der Waals surface area contributed by atoms with Gasteiger partial charge in [0.2, 0.25) is 0 Å². The minimum atomic E-state index is 0.625. The van der Waals surface area contributed by atoms with Crippen LogP contribution in [0.4, 0.5) is 0 Å². The van der Waals surface area contributed by atoms with Gasteiger partial charge in [-0.2, -0.15) is 5.26 Å². The molecule has 0 aromatic carbocycles. The fourth-order valence-corrected chi connectivity index (χ4v) is 1.23. The second kappa shape index (κ2) is 2.71. The van der Waals surface area contributed by atoms with Crippen molar-refractivity contribution in [1.29, 1.82) is 5.26 Å². The normalized spacial score (nSPS) is 20.9. The molecule has 0 heterocycles. The van der Waals surface area contributed by atoms with Crippen molar-refractivity contribution in [3.05, 3.63) is 6.42 Å². The molecule has 1 fully saturated rings. The molecule has 43 valence electrons. The summed E-state index contributed by atoms with van der Waals surface area (Å²) in [6.07, 6.45) is 6.90. The maximum Gasteiger partial charge on any atom is 0.0672 e. The van der Waals surface area contributed by atoms with Gasteiger partial charge in [0.05, 0.1) is 12.5 Å². The summed E-state index contributed by atoms with van der Waals surface area (Å²) in [4.78, 5) is 0. The van der Waals surface area contributed by atoms with E-state index in [9.17, 15) is 0 Å². The van der Waals surface area contributed by atoms with Gasteiger partial charge in [0.1, 0.15) is 0 Å². The van der Waals surface area contributed by atoms with Crippen LogP contribution in [-0.2, 0) is 0 Å². The van der Waals surface area contributed by atoms with E-state index in [1.165, 1.54) is 25.7 Å². The number of nitriles is 1. The van der Waals surface area contributed by atoms with Crippen LogP contribution >= 0.6 is 0 Å². The van der Waals surface area contributed by atoms with Crippen LogP contribution in [0, 0.1) is 23.7 Å². The first-order chi connectivity index (χ1) is 3.93. The molecule has 1 heteroatoms. The number of hydrogen-bond acceptors (Lipinski definition) is 1. The van der Waals surface area contributed by atoms with Crippen LogP contribution < -0.4 is 0 Å². The van der Waals surface area contributed by atoms with E-state index in [-0.39, 0.29) is 0 Å². The number of rotatable bonds is 1. The Bertz CT molecular complexity index is 95.4. The van der Waals surface area contributed by atoms with E-state index < -0.39 is 0 Å². The zero-order valence-electron chi connectivity index (χ0n) is 4.93. The molecule has 0 bridgehead atoms. The van der Waals surface area contributed by atoms with E-state index in [0.717, 1.165) is 0 Å². The summed E-state index contributed by atoms with van der Waals surface area (Å²) in [5.41, 5.74) is 0. The zero-order chi connectivity index (χ0) is 5.82. The Hall–Kier alpha value is -0.510. The molecule has 0 atom stereocenters. The first kappa shape index (κ1) is 5.62. The van der Waals surface area contributed by atoms with Crippen LogP contribution in [0.1, 0.15) is 25.7 Å². The lowest BCUT2D eigenvalue weighted by atomic mass is 10.1. The first-order valence-corrected chi connectivity index (χ1v) is 3.16. The Balaban J connectivity index is 2.17. The van der Waals surface area contributed by atoms with Gasteiger partial charge >= 0.3 is 0 Å². The minimum Gasteiger partial charge on any atom is -0.198 e. The first-order valence-electron chi connectivity index (χ1n) is 3.16. The lowest BCUT2D eigenvalue weighted by Crippen LogP contribution is -1.89. The van der Waals surface area contributed by atoms with E-state index in [4.69, 9.17) is 5.26 Å². The van der Waals surface area contributed by atoms with Crippen LogP contribution in [0.5, 0.6) is 0 Å². The van der Waals surface area contributed by atoms with E-state index in [2.05, 4.69) is 6.07 Å². The highest BCUT2D eigenvalue weighted by Crippen LogP contribution is 2.25. The van der Waals surface area contributed by atoms with Crippen LogP contribution in [0.15, 0.2) is 0 Å². The molecule has 0 aliphatic heterocycles. The third-order valence-electron chi connectivity index (χ3n) is 1.71. The predicted octanol–water partition coefficient (Wildman–Crippen LogP) is 1.90. The zero-order valence-corrected chi connectivity index (χ0v) is 4.93. The molecule has 1 nitrogen and oxygen atoms in total. The van der Waals surface area contributed by atoms with Crippen LogP contribution in [0.3, 0.4) is 0 Å². The standard InChI is InChI=1S/C7H10N/c8-6-5-7-3-1-2-4-7/h5,7H,1-4H2. The minimum absolute atomic E-state index is 0.625. The maximum atomic E-state index is 8.22. The van der Waals surface area contributed by atoms with Gasteiger partial charge in [-0.1, -0.05) is 12.8 Å². The molecular formula is C7H10N. The highest BCUT2D eigenvalue weighted by Gasteiger charge is 2.13. The molecule has 0 aromatic rings. The highest BCUT2D eigenvalue weighted by atomic mass is 14.3. The van der Waals surface area contributed by atoms with Crippen molar-refractivity contribution in [3.8, 4) is 6.07 Å². The summed E-state index contributed by atoms with van der Waals surface area (Å²) in [6, 6.07) is 2.08. The summed E-state index contributed by atoms with van der Waals surface area (Å²) < 4.78 is 0. The molecule has 1 aliphatic rings. The largest absolute Gasteiger partial charge is 0.198 e. The molecule has 1 saturated carbocycles. The molecule has 0 amide bonds. The summed E-state index contributed by atoms with van der Waals surface area (Å²) in [5.74, 6) is 0.625. The van der Waals surface area contributed by atoms with Gasteiger partial charge in [0.25, 0.3) is 0 Å². The summed E-state index contributed by atoms with van der Waals surface area (Å²) in [7, 11) is 0. The molecule has 8 heavy (non-hydrogen) atoms. The molecule has 1 radical (unpaired) electrons. The van der Waals surface area contributed by atoms with Gasteiger partial charge < -0.3 is 0 Å². The second-order valence-electron chi connectivity index (χ2n) is 2.34. The lowest BCUT2D eigenvalue weighted by Gasteiger charge is -1.97. The average Bonchev–Trinajstić information content (AvgIpc) is 2.19. The molecule has 0 spiro atoms. The van der Waals surface area contributed by atoms with Gasteiger partial charge in [-0.15, -0.1) is 0 Å². The summed E-state index contributed by atoms with van der Waals surface area (Å²) in [6.45, 7) is 0. The maximum absolute atomic E-state index is 8.22. The van der Waals surface area contributed by atoms with Gasteiger partial charge in [-0.05, 0) is 18.8 Å². The third kappa shape index (κ3) is 1.23. The lowest BCUT2D eigenvalue weighted by molar-refractivity contribution is 0.654. The van der Waals surface area contributed by atoms with Crippen molar-refractivity contribution >= 4 is 0 Å². The highest BCUT2D eigenvalue weighted by molar-refractivity contribution is 4.97. The smallest absolute Gasteiger partial charge is 0.0672 e. The quantitative estimate of drug-likeness (QED) is 0.503. The molecule has 0 N–H and O–H groups in total. The van der Waals surface area contributed by atoms with Gasteiger partial charge in [0, 0.05) is 0 Å². The van der Waals surface area contributed by atoms with Crippen LogP contribution in [-0.4, -0.2) is 0 Å². The summed E-state index contributed by atoms with van der Waals surface area (Å²) in [5, 5.41) is 8.22. The SMILES string of the molecule is N#C[CH]C1CCCC1. The van der Waals surface area contributed by atoms with Crippen molar-refractivity contribution in [3.63, 3.8) is 0 Å². The Kier molecular flexibility index (Phi) is 1.91. The Morgan fingerprint density at radius 3 is 2.50 bits per heavy atom. The molecular weight excluding hydrogens is 98.1 g/mol. The molecule has 0 saturated heterocycles. The van der Waals surface area contributed by atoms with E-state index in [1.54, 1.807) is 6.42 Å². The molecule has 1 rings (SSSR count). The fraction of sp³-hybridized carbons (Fsp3) is 0.714. The molecule has 0 unspecified atom stereocenters. The molecule has 0 aromatic heterocycles. The van der Waals surface area contributed by atoms with Crippen LogP contribution in [0.2, 0.25) is 0 Å². The second-order valence-corrected chi connectivity index (χ2v) is 2.34. The van der Waals surface area contributed by atoms with Crippen LogP contribution in [0.25, 0.3) is 0 Å². The van der Waals surface area contributed by atoms with E-state index in [0.29, 0.717) is 5.92 Å². The Morgan fingerprint density at radius 1 is 1.38 bits per heavy atom. The van der Waals surface area contributed by atoms with E-state index in [1.807, 2.05) is 0 Å². The number of nitrogens with zero attached hydrogens (tertiary/aromatic N) is 1. The Morgan fingerprint density at radius 2 is 2.00 bits per heavy atom. The monoisotopic (exact) mass is 108 g/mol. The van der Waals surface area contributed by atoms with Crippen molar-refractivity contribution < 1.29 is 0 Å². The predicted molar refractivity (Wildman–Crippen MR) is 31.9 cm³/mol. The van der Waals surface area contributed by atoms with Gasteiger partial charge in [-0.25, -0.2) is 0 Å². The molecule has 1 aliphatic carbocycles. The van der Waals surface area contributed by atoms with Crippen molar-refractivity contribution in [2.45, 2.75) is 25.7 Å². The number of hydrogen-bond donors (Lipinski definition) is 0. The van der Waals surface area contributed by atoms with Gasteiger partial charge in [-0.3, -0.25) is 0 Å². The van der Waals surface area contributed by atoms with Gasteiger partial charge in [0.15, 0.2) is 0 Å². The third-order valence-corrected chi connectivity index (χ3v) is 1.71. The van der Waals surface area contributed by atoms with E-state index >= 15 is 0 Å². The topological polar surface area (TPSA) is 23.8 Å². The Labute approximate surface area is 50.3 Å². The fourth-order valence-electron chi connectivity index (χ4n) is 1.23. The van der Waals surface area contributed by atoms with Crippen molar-refractivity contribution in [1.82, 2.24) is 0 Å². The van der Waals surface area contributed by atoms with Crippen molar-refractivity contribution in [2.75, 3.05) is 0 Å².